The van der Waals surface area contributed by atoms with Gasteiger partial charge in [-0.3, -0.25) is 9.59 Å². The molecule has 126 valence electrons. The third kappa shape index (κ3) is 3.10. The van der Waals surface area contributed by atoms with Gasteiger partial charge in [-0.15, -0.1) is 0 Å². The highest BCUT2D eigenvalue weighted by atomic mass is 16.5. The molecule has 2 amide bonds. The molecule has 0 N–H and O–H groups in total. The van der Waals surface area contributed by atoms with Gasteiger partial charge in [-0.25, -0.2) is 4.68 Å². The number of aryl methyl sites for hydroxylation is 1. The highest BCUT2D eigenvalue weighted by Crippen LogP contribution is 2.19. The van der Waals surface area contributed by atoms with Gasteiger partial charge in [0.25, 0.3) is 5.91 Å². The van der Waals surface area contributed by atoms with Crippen LogP contribution in [0.5, 0.6) is 5.75 Å². The van der Waals surface area contributed by atoms with Crippen molar-refractivity contribution in [3.05, 3.63) is 41.7 Å². The van der Waals surface area contributed by atoms with Crippen molar-refractivity contribution in [1.82, 2.24) is 19.6 Å². The quantitative estimate of drug-likeness (QED) is 0.789. The van der Waals surface area contributed by atoms with Crippen molar-refractivity contribution >= 4 is 12.3 Å². The SMILES string of the molecule is COc1cccc(-n2nc(C(=O)N3CCN(C=O)CC3)cc2C)c1. The predicted molar refractivity (Wildman–Crippen MR) is 88.4 cm³/mol. The lowest BCUT2D eigenvalue weighted by molar-refractivity contribution is -0.119. The number of hydrogen-bond donors (Lipinski definition) is 0. The number of methoxy groups -OCH3 is 1. The first-order chi connectivity index (χ1) is 11.6. The van der Waals surface area contributed by atoms with Gasteiger partial charge in [0.1, 0.15) is 5.75 Å². The molecule has 0 saturated carbocycles. The Bertz CT molecular complexity index is 748. The lowest BCUT2D eigenvalue weighted by Gasteiger charge is -2.32. The monoisotopic (exact) mass is 328 g/mol. The zero-order valence-electron chi connectivity index (χ0n) is 13.8. The fraction of sp³-hybridized carbons (Fsp3) is 0.353. The Hall–Kier alpha value is -2.83. The molecule has 1 aliphatic heterocycles. The van der Waals surface area contributed by atoms with E-state index in [1.165, 1.54) is 0 Å². The van der Waals surface area contributed by atoms with Crippen LogP contribution in [0.15, 0.2) is 30.3 Å². The Morgan fingerprint density at radius 1 is 1.21 bits per heavy atom. The Balaban J connectivity index is 1.81. The topological polar surface area (TPSA) is 67.7 Å². The van der Waals surface area contributed by atoms with E-state index in [4.69, 9.17) is 4.74 Å². The normalized spacial score (nSPS) is 14.6. The molecule has 1 saturated heterocycles. The number of ether oxygens (including phenoxy) is 1. The minimum atomic E-state index is -0.106. The first-order valence-electron chi connectivity index (χ1n) is 7.82. The number of rotatable bonds is 4. The summed E-state index contributed by atoms with van der Waals surface area (Å²) >= 11 is 0. The summed E-state index contributed by atoms with van der Waals surface area (Å²) in [4.78, 5) is 26.8. The molecular formula is C17H20N4O3. The van der Waals surface area contributed by atoms with Crippen molar-refractivity contribution in [3.8, 4) is 11.4 Å². The van der Waals surface area contributed by atoms with E-state index in [0.717, 1.165) is 23.5 Å². The number of piperazine rings is 1. The average molecular weight is 328 g/mol. The van der Waals surface area contributed by atoms with Crippen LogP contribution in [0, 0.1) is 6.92 Å². The zero-order valence-corrected chi connectivity index (χ0v) is 13.8. The second-order valence-corrected chi connectivity index (χ2v) is 5.72. The summed E-state index contributed by atoms with van der Waals surface area (Å²) in [5.74, 6) is 0.630. The van der Waals surface area contributed by atoms with E-state index in [9.17, 15) is 9.59 Å². The molecule has 1 fully saturated rings. The molecular weight excluding hydrogens is 308 g/mol. The molecule has 0 spiro atoms. The summed E-state index contributed by atoms with van der Waals surface area (Å²) in [6.45, 7) is 4.09. The molecule has 0 unspecified atom stereocenters. The van der Waals surface area contributed by atoms with Gasteiger partial charge in [0.05, 0.1) is 12.8 Å². The average Bonchev–Trinajstić information content (AvgIpc) is 3.03. The number of hydrogen-bond acceptors (Lipinski definition) is 4. The van der Waals surface area contributed by atoms with Crippen LogP contribution in [-0.4, -0.2) is 65.2 Å². The van der Waals surface area contributed by atoms with E-state index < -0.39 is 0 Å². The molecule has 2 aromatic rings. The van der Waals surface area contributed by atoms with Crippen LogP contribution in [0.25, 0.3) is 5.69 Å². The van der Waals surface area contributed by atoms with Gasteiger partial charge in [-0.05, 0) is 25.1 Å². The second kappa shape index (κ2) is 6.74. The van der Waals surface area contributed by atoms with Crippen LogP contribution in [-0.2, 0) is 4.79 Å². The maximum absolute atomic E-state index is 12.6. The summed E-state index contributed by atoms with van der Waals surface area (Å²) in [6.07, 6.45) is 0.823. The molecule has 0 atom stereocenters. The maximum atomic E-state index is 12.6. The van der Waals surface area contributed by atoms with Gasteiger partial charge in [-0.2, -0.15) is 5.10 Å². The number of carbonyl (C=O) groups is 2. The number of aromatic nitrogens is 2. The predicted octanol–water partition coefficient (Wildman–Crippen LogP) is 1.10. The Labute approximate surface area is 140 Å². The Morgan fingerprint density at radius 2 is 1.96 bits per heavy atom. The first-order valence-corrected chi connectivity index (χ1v) is 7.82. The third-order valence-electron chi connectivity index (χ3n) is 4.15. The molecule has 7 heteroatoms. The number of nitrogens with zero attached hydrogens (tertiary/aromatic N) is 4. The molecule has 0 bridgehead atoms. The maximum Gasteiger partial charge on any atom is 0.274 e. The van der Waals surface area contributed by atoms with E-state index in [1.54, 1.807) is 27.7 Å². The lowest BCUT2D eigenvalue weighted by Crippen LogP contribution is -2.48. The summed E-state index contributed by atoms with van der Waals surface area (Å²) in [7, 11) is 1.61. The van der Waals surface area contributed by atoms with E-state index >= 15 is 0 Å². The molecule has 7 nitrogen and oxygen atoms in total. The second-order valence-electron chi connectivity index (χ2n) is 5.72. The number of carbonyl (C=O) groups excluding carboxylic acids is 2. The van der Waals surface area contributed by atoms with Gasteiger partial charge < -0.3 is 14.5 Å². The van der Waals surface area contributed by atoms with E-state index in [2.05, 4.69) is 5.10 Å². The Morgan fingerprint density at radius 3 is 2.62 bits per heavy atom. The molecule has 2 heterocycles. The van der Waals surface area contributed by atoms with Crippen LogP contribution in [0.3, 0.4) is 0 Å². The highest BCUT2D eigenvalue weighted by Gasteiger charge is 2.24. The standard InChI is InChI=1S/C17H20N4O3/c1-13-10-16(17(23)20-8-6-19(12-22)7-9-20)18-21(13)14-4-3-5-15(11-14)24-2/h3-5,10-12H,6-9H2,1-2H3. The smallest absolute Gasteiger partial charge is 0.274 e. The lowest BCUT2D eigenvalue weighted by atomic mass is 10.2. The van der Waals surface area contributed by atoms with Crippen LogP contribution in [0.1, 0.15) is 16.2 Å². The minimum Gasteiger partial charge on any atom is -0.497 e. The van der Waals surface area contributed by atoms with Crippen molar-refractivity contribution in [3.63, 3.8) is 0 Å². The van der Waals surface area contributed by atoms with Crippen LogP contribution in [0.4, 0.5) is 0 Å². The van der Waals surface area contributed by atoms with Crippen molar-refractivity contribution in [1.29, 1.82) is 0 Å². The van der Waals surface area contributed by atoms with Gasteiger partial charge in [0.15, 0.2) is 5.69 Å². The summed E-state index contributed by atoms with van der Waals surface area (Å²) in [5.41, 5.74) is 2.13. The van der Waals surface area contributed by atoms with Crippen LogP contribution >= 0.6 is 0 Å². The van der Waals surface area contributed by atoms with Crippen LogP contribution in [0.2, 0.25) is 0 Å². The number of amides is 2. The van der Waals surface area contributed by atoms with E-state index in [-0.39, 0.29) is 5.91 Å². The van der Waals surface area contributed by atoms with E-state index in [1.807, 2.05) is 31.2 Å². The third-order valence-corrected chi connectivity index (χ3v) is 4.15. The fourth-order valence-corrected chi connectivity index (χ4v) is 2.78. The number of benzene rings is 1. The van der Waals surface area contributed by atoms with Gasteiger partial charge in [0.2, 0.25) is 6.41 Å². The van der Waals surface area contributed by atoms with Crippen LogP contribution < -0.4 is 4.74 Å². The molecule has 0 radical (unpaired) electrons. The Kier molecular flexibility index (Phi) is 4.50. The summed E-state index contributed by atoms with van der Waals surface area (Å²) in [6, 6.07) is 9.32. The van der Waals surface area contributed by atoms with Gasteiger partial charge in [0, 0.05) is 37.9 Å². The first kappa shape index (κ1) is 16.0. The van der Waals surface area contributed by atoms with Crippen molar-refractivity contribution in [2.24, 2.45) is 0 Å². The molecule has 0 aliphatic carbocycles. The largest absolute Gasteiger partial charge is 0.497 e. The summed E-state index contributed by atoms with van der Waals surface area (Å²) in [5, 5.41) is 4.46. The molecule has 24 heavy (non-hydrogen) atoms. The molecule has 1 aliphatic rings. The summed E-state index contributed by atoms with van der Waals surface area (Å²) < 4.78 is 6.97. The van der Waals surface area contributed by atoms with Crippen molar-refractivity contribution in [2.75, 3.05) is 33.3 Å². The molecule has 1 aromatic heterocycles. The zero-order chi connectivity index (χ0) is 17.1. The molecule has 3 rings (SSSR count). The van der Waals surface area contributed by atoms with Gasteiger partial charge in [-0.1, -0.05) is 6.07 Å². The molecule has 1 aromatic carbocycles. The van der Waals surface area contributed by atoms with Crippen molar-refractivity contribution in [2.45, 2.75) is 6.92 Å². The minimum absolute atomic E-state index is 0.106. The van der Waals surface area contributed by atoms with E-state index in [0.29, 0.717) is 31.9 Å². The fourth-order valence-electron chi connectivity index (χ4n) is 2.78. The highest BCUT2D eigenvalue weighted by molar-refractivity contribution is 5.92. The van der Waals surface area contributed by atoms with Gasteiger partial charge >= 0.3 is 0 Å². The van der Waals surface area contributed by atoms with Crippen molar-refractivity contribution < 1.29 is 14.3 Å².